The molecule has 1 nitrogen and oxygen atoms in total. The van der Waals surface area contributed by atoms with E-state index < -0.39 is 0 Å². The number of hydrogen-bond acceptors (Lipinski definition) is 2. The highest BCUT2D eigenvalue weighted by atomic mass is 79.9. The van der Waals surface area contributed by atoms with Gasteiger partial charge in [0.25, 0.3) is 0 Å². The molecule has 3 heteroatoms. The third-order valence-corrected chi connectivity index (χ3v) is 5.20. The molecule has 1 fully saturated rings. The minimum atomic E-state index is 0.762. The molecule has 1 atom stereocenters. The van der Waals surface area contributed by atoms with Crippen molar-refractivity contribution in [3.8, 4) is 0 Å². The Hall–Kier alpha value is 0.140. The summed E-state index contributed by atoms with van der Waals surface area (Å²) in [5, 5.41) is 5.59. The Morgan fingerprint density at radius 2 is 2.24 bits per heavy atom. The molecule has 0 bridgehead atoms. The molecular weight excluding hydrogens is 294 g/mol. The molecule has 0 amide bonds. The second-order valence-electron chi connectivity index (χ2n) is 5.45. The fraction of sp³-hybridized carbons (Fsp3) is 0.714. The normalized spacial score (nSPS) is 17.9. The summed E-state index contributed by atoms with van der Waals surface area (Å²) in [6.07, 6.45) is 2.80. The summed E-state index contributed by atoms with van der Waals surface area (Å²) < 4.78 is 0. The smallest absolute Gasteiger partial charge is 0.0245 e. The molecular formula is C14H22BrNS. The highest BCUT2D eigenvalue weighted by Gasteiger charge is 2.30. The van der Waals surface area contributed by atoms with Crippen LogP contribution in [0.1, 0.15) is 32.3 Å². The van der Waals surface area contributed by atoms with Gasteiger partial charge < -0.3 is 0 Å². The lowest BCUT2D eigenvalue weighted by molar-refractivity contribution is 0.198. The lowest BCUT2D eigenvalue weighted by Crippen LogP contribution is -2.33. The molecule has 0 aliphatic heterocycles. The molecule has 1 aromatic heterocycles. The van der Waals surface area contributed by atoms with Crippen LogP contribution in [0.4, 0.5) is 0 Å². The molecule has 1 saturated carbocycles. The zero-order chi connectivity index (χ0) is 12.3. The van der Waals surface area contributed by atoms with E-state index in [0.717, 1.165) is 29.8 Å². The Labute approximate surface area is 117 Å². The molecule has 0 saturated heterocycles. The molecule has 0 radical (unpaired) electrons. The third kappa shape index (κ3) is 4.08. The number of halogens is 1. The first-order chi connectivity index (χ1) is 8.20. The Morgan fingerprint density at radius 3 is 2.71 bits per heavy atom. The summed E-state index contributed by atoms with van der Waals surface area (Å²) in [7, 11) is 0. The van der Waals surface area contributed by atoms with Crippen molar-refractivity contribution in [3.05, 3.63) is 22.4 Å². The van der Waals surface area contributed by atoms with Crippen LogP contribution in [0.2, 0.25) is 0 Å². The van der Waals surface area contributed by atoms with Crippen LogP contribution in [0, 0.1) is 11.8 Å². The van der Waals surface area contributed by atoms with Crippen LogP contribution >= 0.6 is 27.3 Å². The maximum Gasteiger partial charge on any atom is 0.0245 e. The van der Waals surface area contributed by atoms with Gasteiger partial charge in [0.2, 0.25) is 0 Å². The summed E-state index contributed by atoms with van der Waals surface area (Å²) in [6.45, 7) is 7.05. The molecule has 1 unspecified atom stereocenters. The van der Waals surface area contributed by atoms with Crippen molar-refractivity contribution in [1.29, 1.82) is 0 Å². The zero-order valence-electron chi connectivity index (χ0n) is 10.7. The Bertz CT molecular complexity index is 319. The minimum Gasteiger partial charge on any atom is -0.296 e. The summed E-state index contributed by atoms with van der Waals surface area (Å²) in [5.41, 5.74) is 1.49. The second kappa shape index (κ2) is 6.35. The fourth-order valence-corrected chi connectivity index (χ4v) is 3.75. The zero-order valence-corrected chi connectivity index (χ0v) is 13.1. The molecule has 1 heterocycles. The van der Waals surface area contributed by atoms with Crippen molar-refractivity contribution >= 4 is 27.3 Å². The lowest BCUT2D eigenvalue weighted by Gasteiger charge is -2.28. The first-order valence-electron chi connectivity index (χ1n) is 6.51. The van der Waals surface area contributed by atoms with Crippen molar-refractivity contribution in [2.45, 2.75) is 39.3 Å². The fourth-order valence-electron chi connectivity index (χ4n) is 2.14. The average Bonchev–Trinajstić information content (AvgIpc) is 3.02. The van der Waals surface area contributed by atoms with E-state index in [1.54, 1.807) is 0 Å². The highest BCUT2D eigenvalue weighted by Crippen LogP contribution is 2.30. The highest BCUT2D eigenvalue weighted by molar-refractivity contribution is 9.09. The molecule has 0 N–H and O–H groups in total. The standard InChI is InChI=1S/C14H22BrNS/c1-11(2)13(7-15)9-16(14-3-4-14)8-12-5-6-17-10-12/h5-6,10-11,13-14H,3-4,7-9H2,1-2H3. The molecule has 2 rings (SSSR count). The van der Waals surface area contributed by atoms with Gasteiger partial charge >= 0.3 is 0 Å². The van der Waals surface area contributed by atoms with Crippen molar-refractivity contribution in [2.24, 2.45) is 11.8 Å². The number of nitrogens with zero attached hydrogens (tertiary/aromatic N) is 1. The summed E-state index contributed by atoms with van der Waals surface area (Å²) >= 11 is 5.48. The predicted octanol–water partition coefficient (Wildman–Crippen LogP) is 4.38. The largest absolute Gasteiger partial charge is 0.296 e. The lowest BCUT2D eigenvalue weighted by atomic mass is 9.97. The molecule has 0 aromatic carbocycles. The maximum absolute atomic E-state index is 3.67. The monoisotopic (exact) mass is 315 g/mol. The molecule has 17 heavy (non-hydrogen) atoms. The third-order valence-electron chi connectivity index (χ3n) is 3.64. The van der Waals surface area contributed by atoms with Gasteiger partial charge in [-0.2, -0.15) is 11.3 Å². The van der Waals surface area contributed by atoms with E-state index in [1.807, 2.05) is 11.3 Å². The van der Waals surface area contributed by atoms with Gasteiger partial charge in [-0.25, -0.2) is 0 Å². The number of hydrogen-bond donors (Lipinski definition) is 0. The number of rotatable bonds is 7. The van der Waals surface area contributed by atoms with Crippen molar-refractivity contribution in [2.75, 3.05) is 11.9 Å². The van der Waals surface area contributed by atoms with Gasteiger partial charge in [-0.15, -0.1) is 0 Å². The van der Waals surface area contributed by atoms with Crippen LogP contribution in [0.3, 0.4) is 0 Å². The number of thiophene rings is 1. The summed E-state index contributed by atoms with van der Waals surface area (Å²) in [6, 6.07) is 3.12. The Morgan fingerprint density at radius 1 is 1.47 bits per heavy atom. The van der Waals surface area contributed by atoms with Gasteiger partial charge in [-0.05, 0) is 47.1 Å². The van der Waals surface area contributed by atoms with Crippen LogP contribution in [0.5, 0.6) is 0 Å². The van der Waals surface area contributed by atoms with Gasteiger partial charge in [-0.3, -0.25) is 4.90 Å². The van der Waals surface area contributed by atoms with E-state index in [1.165, 1.54) is 24.9 Å². The quantitative estimate of drug-likeness (QED) is 0.675. The maximum atomic E-state index is 3.67. The van der Waals surface area contributed by atoms with E-state index in [0.29, 0.717) is 0 Å². The van der Waals surface area contributed by atoms with Gasteiger partial charge in [-0.1, -0.05) is 29.8 Å². The van der Waals surface area contributed by atoms with Crippen LogP contribution < -0.4 is 0 Å². The van der Waals surface area contributed by atoms with Crippen molar-refractivity contribution < 1.29 is 0 Å². The second-order valence-corrected chi connectivity index (χ2v) is 6.88. The van der Waals surface area contributed by atoms with E-state index in [4.69, 9.17) is 0 Å². The Balaban J connectivity index is 1.92. The minimum absolute atomic E-state index is 0.762. The SMILES string of the molecule is CC(C)C(CBr)CN(Cc1ccsc1)C1CC1. The van der Waals surface area contributed by atoms with E-state index >= 15 is 0 Å². The first kappa shape index (κ1) is 13.6. The van der Waals surface area contributed by atoms with Crippen LogP contribution in [0.25, 0.3) is 0 Å². The van der Waals surface area contributed by atoms with Crippen LogP contribution in [0.15, 0.2) is 16.8 Å². The summed E-state index contributed by atoms with van der Waals surface area (Å²) in [5.74, 6) is 1.53. The van der Waals surface area contributed by atoms with E-state index in [-0.39, 0.29) is 0 Å². The predicted molar refractivity (Wildman–Crippen MR) is 79.9 cm³/mol. The summed E-state index contributed by atoms with van der Waals surface area (Å²) in [4.78, 5) is 2.69. The Kier molecular flexibility index (Phi) is 5.07. The molecule has 1 aliphatic rings. The first-order valence-corrected chi connectivity index (χ1v) is 8.58. The van der Waals surface area contributed by atoms with Gasteiger partial charge in [0.15, 0.2) is 0 Å². The molecule has 96 valence electrons. The average molecular weight is 316 g/mol. The van der Waals surface area contributed by atoms with Crippen molar-refractivity contribution in [3.63, 3.8) is 0 Å². The van der Waals surface area contributed by atoms with Crippen molar-refractivity contribution in [1.82, 2.24) is 4.90 Å². The van der Waals surface area contributed by atoms with Crippen LogP contribution in [-0.2, 0) is 6.54 Å². The van der Waals surface area contributed by atoms with E-state index in [9.17, 15) is 0 Å². The number of alkyl halides is 1. The van der Waals surface area contributed by atoms with Gasteiger partial charge in [0.05, 0.1) is 0 Å². The van der Waals surface area contributed by atoms with Gasteiger partial charge in [0, 0.05) is 24.5 Å². The van der Waals surface area contributed by atoms with Crippen LogP contribution in [-0.4, -0.2) is 22.8 Å². The van der Waals surface area contributed by atoms with Gasteiger partial charge in [0.1, 0.15) is 0 Å². The van der Waals surface area contributed by atoms with E-state index in [2.05, 4.69) is 51.5 Å². The topological polar surface area (TPSA) is 3.24 Å². The molecule has 0 spiro atoms. The molecule has 1 aliphatic carbocycles. The molecule has 1 aromatic rings.